The van der Waals surface area contributed by atoms with Gasteiger partial charge in [-0.2, -0.15) is 8.42 Å². The van der Waals surface area contributed by atoms with Gasteiger partial charge in [-0.3, -0.25) is 4.18 Å². The molecule has 0 saturated carbocycles. The van der Waals surface area contributed by atoms with E-state index in [-0.39, 0.29) is 12.7 Å². The summed E-state index contributed by atoms with van der Waals surface area (Å²) in [5.74, 6) is 0. The second-order valence-electron chi connectivity index (χ2n) is 2.78. The Balaban J connectivity index is 2.33. The molecule has 0 aromatic rings. The molecule has 1 aliphatic heterocycles. The first-order valence-electron chi connectivity index (χ1n) is 3.52. The number of hydrogen-bond donors (Lipinski definition) is 0. The lowest BCUT2D eigenvalue weighted by molar-refractivity contribution is 0.264. The molecule has 1 heterocycles. The number of hydrogen-bond acceptors (Lipinski definition) is 4. The van der Waals surface area contributed by atoms with E-state index in [1.165, 1.54) is 0 Å². The van der Waals surface area contributed by atoms with E-state index >= 15 is 0 Å². The van der Waals surface area contributed by atoms with E-state index in [0.717, 1.165) is 0 Å². The monoisotopic (exact) mass is 180 g/mol. The maximum absolute atomic E-state index is 11.0. The Bertz CT molecular complexity index is 215. The minimum absolute atomic E-state index is 0.00326. The minimum Gasteiger partial charge on any atom is -0.371 e. The van der Waals surface area contributed by atoms with Crippen molar-refractivity contribution in [3.8, 4) is 0 Å². The zero-order valence-corrected chi connectivity index (χ0v) is 7.43. The standard InChI is InChI=1S/C6H12O4S/c1-5(2)11(7,8)10-4-6-3-9-6/h5-6H,3-4H2,1-2H3/t6-/m0/s1. The highest BCUT2D eigenvalue weighted by Gasteiger charge is 2.26. The van der Waals surface area contributed by atoms with Gasteiger partial charge in [0.15, 0.2) is 0 Å². The predicted molar refractivity (Wildman–Crippen MR) is 39.7 cm³/mol. The fourth-order valence-corrected chi connectivity index (χ4v) is 1.08. The fourth-order valence-electron chi connectivity index (χ4n) is 0.471. The van der Waals surface area contributed by atoms with Gasteiger partial charge in [-0.1, -0.05) is 0 Å². The summed E-state index contributed by atoms with van der Waals surface area (Å²) in [7, 11) is -3.33. The fraction of sp³-hybridized carbons (Fsp3) is 1.00. The van der Waals surface area contributed by atoms with E-state index in [2.05, 4.69) is 4.18 Å². The molecule has 1 fully saturated rings. The van der Waals surface area contributed by atoms with Gasteiger partial charge in [0.25, 0.3) is 10.1 Å². The normalized spacial score (nSPS) is 24.1. The van der Waals surface area contributed by atoms with Crippen molar-refractivity contribution < 1.29 is 17.3 Å². The SMILES string of the molecule is CC(C)S(=O)(=O)OC[C@@H]1CO1. The van der Waals surface area contributed by atoms with Crippen molar-refractivity contribution in [2.45, 2.75) is 25.2 Å². The van der Waals surface area contributed by atoms with Crippen molar-refractivity contribution in [2.24, 2.45) is 0 Å². The van der Waals surface area contributed by atoms with Crippen molar-refractivity contribution in [2.75, 3.05) is 13.2 Å². The summed E-state index contributed by atoms with van der Waals surface area (Å²) in [6.45, 7) is 3.96. The summed E-state index contributed by atoms with van der Waals surface area (Å²) >= 11 is 0. The third-order valence-corrected chi connectivity index (χ3v) is 3.02. The molecule has 0 aromatic carbocycles. The van der Waals surface area contributed by atoms with Crippen LogP contribution in [0.15, 0.2) is 0 Å². The summed E-state index contributed by atoms with van der Waals surface area (Å²) in [4.78, 5) is 0. The van der Waals surface area contributed by atoms with Crippen molar-refractivity contribution in [1.29, 1.82) is 0 Å². The summed E-state index contributed by atoms with van der Waals surface area (Å²) in [5, 5.41) is -0.471. The number of epoxide rings is 1. The van der Waals surface area contributed by atoms with Gasteiger partial charge in [-0.25, -0.2) is 0 Å². The largest absolute Gasteiger partial charge is 0.371 e. The van der Waals surface area contributed by atoms with Crippen LogP contribution in [0.1, 0.15) is 13.8 Å². The topological polar surface area (TPSA) is 55.9 Å². The average Bonchev–Trinajstić information content (AvgIpc) is 2.65. The van der Waals surface area contributed by atoms with Gasteiger partial charge in [0.05, 0.1) is 18.5 Å². The molecular formula is C6H12O4S. The van der Waals surface area contributed by atoms with Crippen LogP contribution in [-0.2, 0) is 19.0 Å². The Hall–Kier alpha value is -0.130. The van der Waals surface area contributed by atoms with E-state index in [4.69, 9.17) is 4.74 Å². The molecule has 0 aromatic heterocycles. The first-order chi connectivity index (χ1) is 5.02. The maximum atomic E-state index is 11.0. The quantitative estimate of drug-likeness (QED) is 0.456. The highest BCUT2D eigenvalue weighted by Crippen LogP contribution is 2.12. The van der Waals surface area contributed by atoms with Crippen molar-refractivity contribution in [3.05, 3.63) is 0 Å². The Morgan fingerprint density at radius 1 is 1.64 bits per heavy atom. The molecule has 1 rings (SSSR count). The highest BCUT2D eigenvalue weighted by atomic mass is 32.2. The van der Waals surface area contributed by atoms with Gasteiger partial charge in [-0.05, 0) is 13.8 Å². The molecular weight excluding hydrogens is 168 g/mol. The Kier molecular flexibility index (Phi) is 2.51. The van der Waals surface area contributed by atoms with E-state index in [1.807, 2.05) is 0 Å². The van der Waals surface area contributed by atoms with E-state index in [0.29, 0.717) is 6.61 Å². The van der Waals surface area contributed by atoms with Crippen LogP contribution in [-0.4, -0.2) is 33.0 Å². The molecule has 0 bridgehead atoms. The molecule has 0 amide bonds. The molecule has 1 saturated heterocycles. The smallest absolute Gasteiger partial charge is 0.269 e. The molecule has 0 unspecified atom stereocenters. The first-order valence-corrected chi connectivity index (χ1v) is 4.99. The van der Waals surface area contributed by atoms with Gasteiger partial charge < -0.3 is 4.74 Å². The Morgan fingerprint density at radius 2 is 2.18 bits per heavy atom. The highest BCUT2D eigenvalue weighted by molar-refractivity contribution is 7.87. The first kappa shape index (κ1) is 8.96. The zero-order chi connectivity index (χ0) is 8.48. The van der Waals surface area contributed by atoms with Gasteiger partial charge in [0.1, 0.15) is 6.10 Å². The lowest BCUT2D eigenvalue weighted by atomic mass is 10.5. The van der Waals surface area contributed by atoms with Crippen LogP contribution >= 0.6 is 0 Å². The average molecular weight is 180 g/mol. The van der Waals surface area contributed by atoms with E-state index in [1.54, 1.807) is 13.8 Å². The van der Waals surface area contributed by atoms with Crippen LogP contribution in [0, 0.1) is 0 Å². The molecule has 1 atom stereocenters. The zero-order valence-electron chi connectivity index (χ0n) is 6.61. The molecule has 4 nitrogen and oxygen atoms in total. The molecule has 0 spiro atoms. The second-order valence-corrected chi connectivity index (χ2v) is 4.95. The molecule has 11 heavy (non-hydrogen) atoms. The summed E-state index contributed by atoms with van der Waals surface area (Å²) in [6.07, 6.45) is 0.00326. The third-order valence-electron chi connectivity index (χ3n) is 1.40. The Labute approximate surface area is 66.6 Å². The molecule has 0 aliphatic carbocycles. The molecule has 66 valence electrons. The summed E-state index contributed by atoms with van der Waals surface area (Å²) < 4.78 is 31.4. The van der Waals surface area contributed by atoms with Crippen molar-refractivity contribution >= 4 is 10.1 Å². The van der Waals surface area contributed by atoms with Crippen LogP contribution in [0.25, 0.3) is 0 Å². The van der Waals surface area contributed by atoms with E-state index < -0.39 is 15.4 Å². The molecule has 0 radical (unpaired) electrons. The Morgan fingerprint density at radius 3 is 2.55 bits per heavy atom. The van der Waals surface area contributed by atoms with Gasteiger partial charge in [0.2, 0.25) is 0 Å². The second kappa shape index (κ2) is 3.08. The lowest BCUT2D eigenvalue weighted by Gasteiger charge is -2.05. The van der Waals surface area contributed by atoms with Crippen molar-refractivity contribution in [1.82, 2.24) is 0 Å². The number of ether oxygens (including phenoxy) is 1. The van der Waals surface area contributed by atoms with Crippen LogP contribution in [0.5, 0.6) is 0 Å². The predicted octanol–water partition coefficient (Wildman–Crippen LogP) is 0.140. The molecule has 0 N–H and O–H groups in total. The van der Waals surface area contributed by atoms with Crippen LogP contribution in [0.4, 0.5) is 0 Å². The summed E-state index contributed by atoms with van der Waals surface area (Å²) in [5.41, 5.74) is 0. The van der Waals surface area contributed by atoms with E-state index in [9.17, 15) is 8.42 Å². The minimum atomic E-state index is -3.33. The van der Waals surface area contributed by atoms with Gasteiger partial charge in [0, 0.05) is 0 Å². The summed E-state index contributed by atoms with van der Waals surface area (Å²) in [6, 6.07) is 0. The van der Waals surface area contributed by atoms with Crippen LogP contribution in [0.2, 0.25) is 0 Å². The van der Waals surface area contributed by atoms with Gasteiger partial charge in [-0.15, -0.1) is 0 Å². The van der Waals surface area contributed by atoms with Gasteiger partial charge >= 0.3 is 0 Å². The molecule has 1 aliphatic rings. The van der Waals surface area contributed by atoms with Crippen molar-refractivity contribution in [3.63, 3.8) is 0 Å². The lowest BCUT2D eigenvalue weighted by Crippen LogP contribution is -2.19. The number of rotatable bonds is 4. The maximum Gasteiger partial charge on any atom is 0.269 e. The van der Waals surface area contributed by atoms with Crippen LogP contribution < -0.4 is 0 Å². The molecule has 5 heteroatoms. The van der Waals surface area contributed by atoms with Crippen LogP contribution in [0.3, 0.4) is 0 Å². The third kappa shape index (κ3) is 2.76.